The Morgan fingerprint density at radius 1 is 0.895 bits per heavy atom. The van der Waals surface area contributed by atoms with Gasteiger partial charge < -0.3 is 9.47 Å². The Hall–Kier alpha value is -1.60. The highest BCUT2D eigenvalue weighted by Crippen LogP contribution is 2.41. The Morgan fingerprint density at radius 2 is 1.37 bits per heavy atom. The Balaban J connectivity index is 3.16. The second-order valence-corrected chi connectivity index (χ2v) is 3.32. The molecule has 0 heterocycles. The molecule has 0 saturated carbocycles. The third kappa shape index (κ3) is 3.93. The van der Waals surface area contributed by atoms with E-state index in [2.05, 4.69) is 9.47 Å². The number of hydrogen-bond acceptors (Lipinski definition) is 2. The van der Waals surface area contributed by atoms with Gasteiger partial charge in [0.05, 0.1) is 0 Å². The molecule has 0 fully saturated rings. The number of benzene rings is 1. The van der Waals surface area contributed by atoms with Crippen molar-refractivity contribution in [3.05, 3.63) is 23.5 Å². The van der Waals surface area contributed by atoms with Crippen molar-refractivity contribution in [2.75, 3.05) is 26.6 Å². The lowest BCUT2D eigenvalue weighted by Crippen LogP contribution is -2.14. The van der Waals surface area contributed by atoms with Crippen LogP contribution in [0.25, 0.3) is 0 Å². The lowest BCUT2D eigenvalue weighted by atomic mass is 10.1. The zero-order valence-electron chi connectivity index (χ0n) is 9.57. The van der Waals surface area contributed by atoms with Crippen molar-refractivity contribution in [3.8, 4) is 11.5 Å². The maximum atomic E-state index is 13.6. The topological polar surface area (TPSA) is 18.5 Å². The molecule has 1 rings (SSSR count). The van der Waals surface area contributed by atoms with Gasteiger partial charge in [0.2, 0.25) is 0 Å². The van der Waals surface area contributed by atoms with Gasteiger partial charge in [-0.3, -0.25) is 0 Å². The average Bonchev–Trinajstić information content (AvgIpc) is 2.33. The molecule has 0 aliphatic carbocycles. The minimum atomic E-state index is -5.04. The van der Waals surface area contributed by atoms with Crippen LogP contribution in [0, 0.1) is 5.82 Å². The van der Waals surface area contributed by atoms with E-state index in [1.807, 2.05) is 0 Å². The molecule has 0 spiro atoms. The fourth-order valence-corrected chi connectivity index (χ4v) is 1.33. The first-order chi connectivity index (χ1) is 8.91. The van der Waals surface area contributed by atoms with E-state index >= 15 is 0 Å². The fourth-order valence-electron chi connectivity index (χ4n) is 1.33. The van der Waals surface area contributed by atoms with E-state index in [-0.39, 0.29) is 0 Å². The minimum absolute atomic E-state index is 0.571. The third-order valence-corrected chi connectivity index (χ3v) is 2.02. The van der Waals surface area contributed by atoms with Gasteiger partial charge in [-0.2, -0.15) is 13.2 Å². The number of alkyl halides is 5. The average molecular weight is 288 g/mol. The van der Waals surface area contributed by atoms with Crippen molar-refractivity contribution >= 4 is 0 Å². The molecule has 19 heavy (non-hydrogen) atoms. The Morgan fingerprint density at radius 3 is 1.84 bits per heavy atom. The Bertz CT molecular complexity index is 418. The van der Waals surface area contributed by atoms with Crippen molar-refractivity contribution in [1.29, 1.82) is 0 Å². The summed E-state index contributed by atoms with van der Waals surface area (Å²) in [4.78, 5) is 0. The lowest BCUT2D eigenvalue weighted by molar-refractivity contribution is -0.141. The zero-order chi connectivity index (χ0) is 14.5. The summed E-state index contributed by atoms with van der Waals surface area (Å²) in [5, 5.41) is 0. The molecule has 0 N–H and O–H groups in total. The normalized spacial score (nSPS) is 11.5. The van der Waals surface area contributed by atoms with E-state index in [1.54, 1.807) is 0 Å². The third-order valence-electron chi connectivity index (χ3n) is 2.02. The monoisotopic (exact) mass is 288 g/mol. The smallest absolute Gasteiger partial charge is 0.422 e. The fraction of sp³-hybridized carbons (Fsp3) is 0.455. The molecule has 0 atom stereocenters. The van der Waals surface area contributed by atoms with Gasteiger partial charge in [0.15, 0.2) is 11.6 Å². The standard InChI is InChI=1S/C11H10F6O2/c12-3-5-18-7-1-2-8(19-6-4-13)10(14)9(7)11(15,16)17/h1-2H,3-6H2. The van der Waals surface area contributed by atoms with Gasteiger partial charge in [0.25, 0.3) is 0 Å². The molecular weight excluding hydrogens is 278 g/mol. The predicted octanol–water partition coefficient (Wildman–Crippen LogP) is 3.54. The molecule has 0 amide bonds. The van der Waals surface area contributed by atoms with Crippen molar-refractivity contribution in [2.24, 2.45) is 0 Å². The van der Waals surface area contributed by atoms with Crippen LogP contribution in [0.3, 0.4) is 0 Å². The number of rotatable bonds is 6. The molecule has 0 aromatic heterocycles. The lowest BCUT2D eigenvalue weighted by Gasteiger charge is -2.16. The molecule has 0 radical (unpaired) electrons. The molecule has 8 heteroatoms. The molecule has 0 aliphatic rings. The summed E-state index contributed by atoms with van der Waals surface area (Å²) in [5.41, 5.74) is -1.70. The molecular formula is C11H10F6O2. The summed E-state index contributed by atoms with van der Waals surface area (Å²) in [6.07, 6.45) is -5.04. The van der Waals surface area contributed by atoms with Gasteiger partial charge in [-0.15, -0.1) is 0 Å². The van der Waals surface area contributed by atoms with E-state index in [9.17, 15) is 26.3 Å². The summed E-state index contributed by atoms with van der Waals surface area (Å²) >= 11 is 0. The quantitative estimate of drug-likeness (QED) is 0.745. The molecule has 0 aliphatic heterocycles. The van der Waals surface area contributed by atoms with E-state index < -0.39 is 55.6 Å². The highest BCUT2D eigenvalue weighted by molar-refractivity contribution is 5.43. The summed E-state index contributed by atoms with van der Waals surface area (Å²) in [6.45, 7) is -3.19. The van der Waals surface area contributed by atoms with Crippen molar-refractivity contribution in [2.45, 2.75) is 6.18 Å². The van der Waals surface area contributed by atoms with Crippen LogP contribution in [0.2, 0.25) is 0 Å². The van der Waals surface area contributed by atoms with Crippen LogP contribution in [0.5, 0.6) is 11.5 Å². The highest BCUT2D eigenvalue weighted by atomic mass is 19.4. The van der Waals surface area contributed by atoms with Gasteiger partial charge in [-0.05, 0) is 12.1 Å². The van der Waals surface area contributed by atoms with Crippen molar-refractivity contribution in [1.82, 2.24) is 0 Å². The van der Waals surface area contributed by atoms with E-state index in [0.29, 0.717) is 0 Å². The largest absolute Gasteiger partial charge is 0.490 e. The molecule has 1 aromatic rings. The van der Waals surface area contributed by atoms with Crippen LogP contribution in [-0.2, 0) is 6.18 Å². The second kappa shape index (κ2) is 6.53. The van der Waals surface area contributed by atoms with Gasteiger partial charge in [-0.25, -0.2) is 13.2 Å². The summed E-state index contributed by atoms with van der Waals surface area (Å²) in [6, 6.07) is 1.67. The van der Waals surface area contributed by atoms with E-state index in [1.165, 1.54) is 0 Å². The van der Waals surface area contributed by atoms with E-state index in [0.717, 1.165) is 12.1 Å². The molecule has 1 aromatic carbocycles. The van der Waals surface area contributed by atoms with E-state index in [4.69, 9.17) is 0 Å². The molecule has 2 nitrogen and oxygen atoms in total. The number of hydrogen-bond donors (Lipinski definition) is 0. The molecule has 0 saturated heterocycles. The van der Waals surface area contributed by atoms with Crippen LogP contribution in [-0.4, -0.2) is 26.6 Å². The van der Waals surface area contributed by atoms with Gasteiger partial charge >= 0.3 is 6.18 Å². The maximum Gasteiger partial charge on any atom is 0.422 e. The SMILES string of the molecule is FCCOc1ccc(OCCF)c(C(F)(F)F)c1F. The van der Waals surface area contributed by atoms with Gasteiger partial charge in [0, 0.05) is 0 Å². The van der Waals surface area contributed by atoms with Crippen molar-refractivity contribution in [3.63, 3.8) is 0 Å². The van der Waals surface area contributed by atoms with Crippen LogP contribution in [0.15, 0.2) is 12.1 Å². The highest BCUT2D eigenvalue weighted by Gasteiger charge is 2.39. The van der Waals surface area contributed by atoms with Crippen molar-refractivity contribution < 1.29 is 35.8 Å². The molecule has 0 bridgehead atoms. The predicted molar refractivity (Wildman–Crippen MR) is 54.3 cm³/mol. The molecule has 108 valence electrons. The first kappa shape index (κ1) is 15.5. The van der Waals surface area contributed by atoms with Gasteiger partial charge in [0.1, 0.15) is 37.9 Å². The summed E-state index contributed by atoms with van der Waals surface area (Å²) < 4.78 is 84.5. The minimum Gasteiger partial charge on any atom is -0.490 e. The maximum absolute atomic E-state index is 13.6. The second-order valence-electron chi connectivity index (χ2n) is 3.32. The zero-order valence-corrected chi connectivity index (χ0v) is 9.57. The van der Waals surface area contributed by atoms with Crippen LogP contribution < -0.4 is 9.47 Å². The van der Waals surface area contributed by atoms with Crippen LogP contribution in [0.4, 0.5) is 26.3 Å². The molecule has 0 unspecified atom stereocenters. The number of halogens is 6. The van der Waals surface area contributed by atoms with Crippen LogP contribution >= 0.6 is 0 Å². The Labute approximate surface area is 104 Å². The first-order valence-corrected chi connectivity index (χ1v) is 5.19. The first-order valence-electron chi connectivity index (χ1n) is 5.19. The number of ether oxygens (including phenoxy) is 2. The summed E-state index contributed by atoms with van der Waals surface area (Å²) in [5.74, 6) is -3.29. The van der Waals surface area contributed by atoms with Crippen LogP contribution in [0.1, 0.15) is 5.56 Å². The van der Waals surface area contributed by atoms with Gasteiger partial charge in [-0.1, -0.05) is 0 Å². The Kier molecular flexibility index (Phi) is 5.31. The summed E-state index contributed by atoms with van der Waals surface area (Å²) in [7, 11) is 0.